The van der Waals surface area contributed by atoms with Gasteiger partial charge < -0.3 is 19.5 Å². The Morgan fingerprint density at radius 3 is 2.69 bits per heavy atom. The Morgan fingerprint density at radius 1 is 1.29 bits per heavy atom. The van der Waals surface area contributed by atoms with Crippen molar-refractivity contribution in [2.45, 2.75) is 44.2 Å². The predicted molar refractivity (Wildman–Crippen MR) is 121 cm³/mol. The van der Waals surface area contributed by atoms with Crippen LogP contribution in [0.4, 0.5) is 13.2 Å². The number of hydrogen-bond donors (Lipinski definition) is 2. The number of likely N-dealkylation sites (N-methyl/N-ethyl adjacent to an activating group) is 1. The van der Waals surface area contributed by atoms with Crippen molar-refractivity contribution in [2.24, 2.45) is 0 Å². The quantitative estimate of drug-likeness (QED) is 0.553. The molecular formula is C24H26F3N5O3. The number of H-pyrrole nitrogens is 2. The van der Waals surface area contributed by atoms with E-state index in [4.69, 9.17) is 4.74 Å². The summed E-state index contributed by atoms with van der Waals surface area (Å²) < 4.78 is 47.3. The number of halogens is 3. The summed E-state index contributed by atoms with van der Waals surface area (Å²) in [5, 5.41) is 7.25. The number of aromatic amines is 2. The first-order chi connectivity index (χ1) is 16.5. The number of nitrogens with one attached hydrogen (secondary N) is 2. The summed E-state index contributed by atoms with van der Waals surface area (Å²) in [4.78, 5) is 32.5. The number of aromatic nitrogens is 3. The number of methoxy groups -OCH3 is 1. The minimum absolute atomic E-state index is 0.0741. The van der Waals surface area contributed by atoms with Crippen molar-refractivity contribution in [1.82, 2.24) is 25.0 Å². The number of rotatable bonds is 6. The molecule has 186 valence electrons. The second kappa shape index (κ2) is 8.11. The van der Waals surface area contributed by atoms with Crippen molar-refractivity contribution in [3.63, 3.8) is 0 Å². The molecule has 2 aliphatic rings. The van der Waals surface area contributed by atoms with Gasteiger partial charge >= 0.3 is 0 Å². The fourth-order valence-corrected chi connectivity index (χ4v) is 4.86. The van der Waals surface area contributed by atoms with Gasteiger partial charge in [0.25, 0.3) is 17.7 Å². The third-order valence-corrected chi connectivity index (χ3v) is 7.09. The summed E-state index contributed by atoms with van der Waals surface area (Å²) in [6.07, 6.45) is 2.15. The lowest BCUT2D eigenvalue weighted by molar-refractivity contribution is 0.0188. The van der Waals surface area contributed by atoms with Crippen LogP contribution < -0.4 is 0 Å². The lowest BCUT2D eigenvalue weighted by Gasteiger charge is -2.29. The molecule has 1 fully saturated rings. The van der Waals surface area contributed by atoms with Gasteiger partial charge in [0.15, 0.2) is 5.69 Å². The molecule has 2 aromatic heterocycles. The highest BCUT2D eigenvalue weighted by molar-refractivity contribution is 5.99. The monoisotopic (exact) mass is 489 g/mol. The number of benzene rings is 1. The van der Waals surface area contributed by atoms with Crippen LogP contribution in [0.5, 0.6) is 0 Å². The first-order valence-electron chi connectivity index (χ1n) is 11.4. The second-order valence-electron chi connectivity index (χ2n) is 9.51. The number of ether oxygens (including phenoxy) is 1. The van der Waals surface area contributed by atoms with Crippen LogP contribution in [0.1, 0.15) is 57.6 Å². The summed E-state index contributed by atoms with van der Waals surface area (Å²) in [6, 6.07) is 3.20. The number of carbonyl (C=O) groups is 2. The molecule has 0 saturated heterocycles. The average Bonchev–Trinajstić information content (AvgIpc) is 3.28. The van der Waals surface area contributed by atoms with E-state index in [0.717, 1.165) is 30.7 Å². The molecule has 8 nitrogen and oxygen atoms in total. The molecular weight excluding hydrogens is 463 g/mol. The summed E-state index contributed by atoms with van der Waals surface area (Å²) in [5.41, 5.74) is 1.06. The third-order valence-electron chi connectivity index (χ3n) is 7.09. The smallest absolute Gasteiger partial charge is 0.274 e. The zero-order valence-electron chi connectivity index (χ0n) is 19.7. The first-order valence-corrected chi connectivity index (χ1v) is 11.4. The van der Waals surface area contributed by atoms with Crippen LogP contribution in [-0.2, 0) is 23.6 Å². The molecule has 1 saturated carbocycles. The largest absolute Gasteiger partial charge is 0.382 e. The Hall–Kier alpha value is -3.34. The van der Waals surface area contributed by atoms with Crippen molar-refractivity contribution >= 4 is 22.7 Å². The lowest BCUT2D eigenvalue weighted by atomic mass is 10.0. The summed E-state index contributed by atoms with van der Waals surface area (Å²) in [7, 11) is 3.33. The molecule has 1 aliphatic heterocycles. The van der Waals surface area contributed by atoms with Crippen molar-refractivity contribution in [2.75, 3.05) is 27.3 Å². The van der Waals surface area contributed by atoms with Gasteiger partial charge in [-0.15, -0.1) is 0 Å². The topological polar surface area (TPSA) is 94.3 Å². The van der Waals surface area contributed by atoms with Gasteiger partial charge in [0, 0.05) is 61.8 Å². The average molecular weight is 489 g/mol. The molecule has 11 heteroatoms. The van der Waals surface area contributed by atoms with Crippen LogP contribution in [0.2, 0.25) is 0 Å². The molecule has 0 unspecified atom stereocenters. The fraction of sp³-hybridized carbons (Fsp3) is 0.458. The van der Waals surface area contributed by atoms with Gasteiger partial charge in [-0.2, -0.15) is 5.10 Å². The van der Waals surface area contributed by atoms with E-state index in [1.54, 1.807) is 19.1 Å². The zero-order chi connectivity index (χ0) is 25.1. The number of nitrogens with zero attached hydrogens (tertiary/aromatic N) is 3. The van der Waals surface area contributed by atoms with Gasteiger partial charge in [-0.25, -0.2) is 13.2 Å². The van der Waals surface area contributed by atoms with Crippen LogP contribution in [0.25, 0.3) is 10.9 Å². The molecule has 3 aromatic rings. The number of alkyl halides is 2. The molecule has 0 spiro atoms. The van der Waals surface area contributed by atoms with E-state index in [-0.39, 0.29) is 40.3 Å². The lowest BCUT2D eigenvalue weighted by Crippen LogP contribution is -2.43. The van der Waals surface area contributed by atoms with E-state index in [9.17, 15) is 22.8 Å². The predicted octanol–water partition coefficient (Wildman–Crippen LogP) is 3.59. The molecule has 1 aliphatic carbocycles. The molecule has 3 heterocycles. The number of carbonyl (C=O) groups excluding carboxylic acids is 2. The maximum Gasteiger partial charge on any atom is 0.274 e. The molecule has 2 N–H and O–H groups in total. The molecule has 2 amide bonds. The standard InChI is InChI=1S/C24H26F3N5O3/c1-23(26,27)16-8-13(25)9-18-14(16)10-19(28-18)21(33)32-7-4-17-15(11-32)20(30-29-17)22(34)31(2)24(5-6-24)12-35-3/h8-10,28H,4-7,11-12H2,1-3H3,(H,29,30). The van der Waals surface area contributed by atoms with Crippen LogP contribution in [0, 0.1) is 5.82 Å². The second-order valence-corrected chi connectivity index (χ2v) is 9.51. The summed E-state index contributed by atoms with van der Waals surface area (Å²) >= 11 is 0. The van der Waals surface area contributed by atoms with Crippen molar-refractivity contribution < 1.29 is 27.5 Å². The highest BCUT2D eigenvalue weighted by Crippen LogP contribution is 2.42. The van der Waals surface area contributed by atoms with E-state index < -0.39 is 23.2 Å². The van der Waals surface area contributed by atoms with Crippen molar-refractivity contribution in [1.29, 1.82) is 0 Å². The Bertz CT molecular complexity index is 1320. The number of fused-ring (bicyclic) bond motifs is 2. The maximum absolute atomic E-state index is 14.1. The first kappa shape index (κ1) is 23.4. The Labute approximate surface area is 199 Å². The maximum atomic E-state index is 14.1. The van der Waals surface area contributed by atoms with E-state index in [1.165, 1.54) is 11.0 Å². The molecule has 5 rings (SSSR count). The van der Waals surface area contributed by atoms with Gasteiger partial charge in [-0.3, -0.25) is 14.7 Å². The van der Waals surface area contributed by atoms with Gasteiger partial charge in [0.05, 0.1) is 18.7 Å². The summed E-state index contributed by atoms with van der Waals surface area (Å²) in [5.74, 6) is -4.76. The summed E-state index contributed by atoms with van der Waals surface area (Å²) in [6.45, 7) is 1.62. The Kier molecular flexibility index (Phi) is 5.42. The van der Waals surface area contributed by atoms with Gasteiger partial charge in [-0.1, -0.05) is 0 Å². The van der Waals surface area contributed by atoms with Crippen LogP contribution in [0.3, 0.4) is 0 Å². The minimum Gasteiger partial charge on any atom is -0.382 e. The Morgan fingerprint density at radius 2 is 2.03 bits per heavy atom. The van der Waals surface area contributed by atoms with Gasteiger partial charge in [0.1, 0.15) is 11.5 Å². The van der Waals surface area contributed by atoms with E-state index in [2.05, 4.69) is 15.2 Å². The van der Waals surface area contributed by atoms with Crippen LogP contribution in [0.15, 0.2) is 18.2 Å². The highest BCUT2D eigenvalue weighted by atomic mass is 19.3. The van der Waals surface area contributed by atoms with E-state index in [1.807, 2.05) is 0 Å². The normalized spacial score (nSPS) is 16.9. The van der Waals surface area contributed by atoms with E-state index >= 15 is 0 Å². The Balaban J connectivity index is 1.41. The SMILES string of the molecule is COCC1(N(C)C(=O)c2n[nH]c3c2CN(C(=O)c2cc4c(C(C)(F)F)cc(F)cc4[nH]2)CC3)CC1. The molecule has 35 heavy (non-hydrogen) atoms. The number of amides is 2. The fourth-order valence-electron chi connectivity index (χ4n) is 4.86. The third kappa shape index (κ3) is 3.97. The van der Waals surface area contributed by atoms with Gasteiger partial charge in [-0.05, 0) is 31.0 Å². The molecule has 0 atom stereocenters. The zero-order valence-corrected chi connectivity index (χ0v) is 19.7. The highest BCUT2D eigenvalue weighted by Gasteiger charge is 2.49. The molecule has 0 radical (unpaired) electrons. The van der Waals surface area contributed by atoms with Gasteiger partial charge in [0.2, 0.25) is 0 Å². The van der Waals surface area contributed by atoms with E-state index in [0.29, 0.717) is 32.1 Å². The minimum atomic E-state index is -3.28. The molecule has 0 bridgehead atoms. The number of hydrogen-bond acceptors (Lipinski definition) is 4. The van der Waals surface area contributed by atoms with Crippen LogP contribution in [-0.4, -0.2) is 69.6 Å². The van der Waals surface area contributed by atoms with Crippen molar-refractivity contribution in [3.05, 3.63) is 52.2 Å². The molecule has 1 aromatic carbocycles. The van der Waals surface area contributed by atoms with Crippen LogP contribution >= 0.6 is 0 Å². The van der Waals surface area contributed by atoms with Crippen molar-refractivity contribution in [3.8, 4) is 0 Å².